The van der Waals surface area contributed by atoms with Crippen molar-refractivity contribution in [3.8, 4) is 0 Å². The third-order valence-corrected chi connectivity index (χ3v) is 2.39. The third kappa shape index (κ3) is 7.10. The van der Waals surface area contributed by atoms with Gasteiger partial charge in [-0.3, -0.25) is 4.99 Å². The topological polar surface area (TPSA) is 50.7 Å². The third-order valence-electron chi connectivity index (χ3n) is 2.39. The fraction of sp³-hybridized carbons (Fsp3) is 0.467. The highest BCUT2D eigenvalue weighted by Crippen LogP contribution is 2.28. The van der Waals surface area contributed by atoms with E-state index in [9.17, 15) is 18.0 Å². The summed E-state index contributed by atoms with van der Waals surface area (Å²) in [6.07, 6.45) is -3.42. The van der Waals surface area contributed by atoms with Crippen molar-refractivity contribution in [2.45, 2.75) is 32.5 Å². The first-order chi connectivity index (χ1) is 10.1. The van der Waals surface area contributed by atoms with Gasteiger partial charge in [-0.1, -0.05) is 12.1 Å². The Labute approximate surface area is 127 Å². The molecule has 7 heteroatoms. The molecule has 0 spiro atoms. The number of carbonyl (C=O) groups excluding carboxylic acids is 1. The van der Waals surface area contributed by atoms with E-state index in [1.165, 1.54) is 18.3 Å². The van der Waals surface area contributed by atoms with E-state index in [1.54, 1.807) is 20.8 Å². The van der Waals surface area contributed by atoms with Crippen LogP contribution in [-0.2, 0) is 10.9 Å². The van der Waals surface area contributed by atoms with Crippen molar-refractivity contribution < 1.29 is 22.7 Å². The number of aliphatic imine (C=N–C) groups is 1. The van der Waals surface area contributed by atoms with Crippen LogP contribution in [0.1, 0.15) is 31.9 Å². The molecular formula is C15H19F3N2O2. The van der Waals surface area contributed by atoms with Crippen molar-refractivity contribution in [2.75, 3.05) is 13.1 Å². The highest BCUT2D eigenvalue weighted by Gasteiger charge is 2.29. The normalized spacial score (nSPS) is 12.5. The number of amides is 1. The molecule has 0 aliphatic rings. The second-order valence-electron chi connectivity index (χ2n) is 5.58. The number of nitrogens with zero attached hydrogens (tertiary/aromatic N) is 1. The van der Waals surface area contributed by atoms with E-state index >= 15 is 0 Å². The average Bonchev–Trinajstić information content (AvgIpc) is 2.35. The van der Waals surface area contributed by atoms with Gasteiger partial charge >= 0.3 is 12.3 Å². The van der Waals surface area contributed by atoms with Gasteiger partial charge in [-0.2, -0.15) is 13.2 Å². The van der Waals surface area contributed by atoms with Crippen molar-refractivity contribution >= 4 is 12.3 Å². The van der Waals surface area contributed by atoms with Crippen LogP contribution in [0.5, 0.6) is 0 Å². The summed E-state index contributed by atoms with van der Waals surface area (Å²) in [5.74, 6) is 0. The Bertz CT molecular complexity index is 517. The molecule has 0 saturated heterocycles. The van der Waals surface area contributed by atoms with Gasteiger partial charge in [-0.15, -0.1) is 0 Å². The van der Waals surface area contributed by atoms with Crippen molar-refractivity contribution in [3.05, 3.63) is 35.4 Å². The number of nitrogens with one attached hydrogen (secondary N) is 1. The van der Waals surface area contributed by atoms with Crippen LogP contribution in [0.3, 0.4) is 0 Å². The molecule has 0 bridgehead atoms. The van der Waals surface area contributed by atoms with Crippen LogP contribution in [0.25, 0.3) is 0 Å². The molecule has 122 valence electrons. The molecule has 1 amide bonds. The number of hydrogen-bond donors (Lipinski definition) is 1. The summed E-state index contributed by atoms with van der Waals surface area (Å²) in [7, 11) is 0. The van der Waals surface area contributed by atoms with Crippen molar-refractivity contribution in [3.63, 3.8) is 0 Å². The molecule has 1 aromatic rings. The van der Waals surface area contributed by atoms with Crippen LogP contribution in [-0.4, -0.2) is 31.0 Å². The fourth-order valence-electron chi connectivity index (χ4n) is 1.46. The summed E-state index contributed by atoms with van der Waals surface area (Å²) in [5, 5.41) is 2.53. The maximum atomic E-state index is 12.4. The van der Waals surface area contributed by atoms with Gasteiger partial charge in [0.2, 0.25) is 0 Å². The van der Waals surface area contributed by atoms with Crippen LogP contribution < -0.4 is 5.32 Å². The molecule has 1 rings (SSSR count). The summed E-state index contributed by atoms with van der Waals surface area (Å²) in [5.41, 5.74) is -0.699. The van der Waals surface area contributed by atoms with Crippen LogP contribution in [0.4, 0.5) is 18.0 Å². The molecule has 0 unspecified atom stereocenters. The Hall–Kier alpha value is -2.05. The van der Waals surface area contributed by atoms with E-state index < -0.39 is 23.4 Å². The standard InChI is InChI=1S/C15H19F3N2O2/c1-14(2,3)22-13(21)20-9-8-19-10-11-4-6-12(7-5-11)15(16,17)18/h4-7,10H,8-9H2,1-3H3,(H,20,21). The monoisotopic (exact) mass is 316 g/mol. The lowest BCUT2D eigenvalue weighted by Crippen LogP contribution is -2.33. The molecule has 0 aliphatic carbocycles. The van der Waals surface area contributed by atoms with E-state index in [4.69, 9.17) is 4.74 Å². The fourth-order valence-corrected chi connectivity index (χ4v) is 1.46. The van der Waals surface area contributed by atoms with E-state index in [0.717, 1.165) is 12.1 Å². The first-order valence-electron chi connectivity index (χ1n) is 6.72. The maximum absolute atomic E-state index is 12.4. The molecular weight excluding hydrogens is 297 g/mol. The van der Waals surface area contributed by atoms with Gasteiger partial charge in [-0.05, 0) is 38.5 Å². The zero-order valence-corrected chi connectivity index (χ0v) is 12.7. The largest absolute Gasteiger partial charge is 0.444 e. The summed E-state index contributed by atoms with van der Waals surface area (Å²) < 4.78 is 42.2. The molecule has 0 fully saturated rings. The zero-order chi connectivity index (χ0) is 16.8. The van der Waals surface area contributed by atoms with E-state index in [-0.39, 0.29) is 6.54 Å². The smallest absolute Gasteiger partial charge is 0.416 e. The second kappa shape index (κ2) is 7.29. The molecule has 22 heavy (non-hydrogen) atoms. The van der Waals surface area contributed by atoms with Gasteiger partial charge in [0.05, 0.1) is 12.1 Å². The van der Waals surface area contributed by atoms with Gasteiger partial charge in [0.25, 0.3) is 0 Å². The first-order valence-corrected chi connectivity index (χ1v) is 6.72. The number of benzene rings is 1. The number of alkyl halides is 3. The highest BCUT2D eigenvalue weighted by molar-refractivity contribution is 5.79. The molecule has 1 aromatic carbocycles. The molecule has 0 aromatic heterocycles. The quantitative estimate of drug-likeness (QED) is 0.681. The first kappa shape index (κ1) is 18.0. The Balaban J connectivity index is 2.36. The Morgan fingerprint density at radius 1 is 1.23 bits per heavy atom. The molecule has 0 saturated carbocycles. The average molecular weight is 316 g/mol. The van der Waals surface area contributed by atoms with Crippen molar-refractivity contribution in [1.29, 1.82) is 0 Å². The predicted octanol–water partition coefficient (Wildman–Crippen LogP) is 3.65. The number of alkyl carbamates (subject to hydrolysis) is 1. The van der Waals surface area contributed by atoms with Gasteiger partial charge in [-0.25, -0.2) is 4.79 Å². The number of hydrogen-bond acceptors (Lipinski definition) is 3. The van der Waals surface area contributed by atoms with E-state index in [2.05, 4.69) is 10.3 Å². The van der Waals surface area contributed by atoms with Crippen LogP contribution >= 0.6 is 0 Å². The lowest BCUT2D eigenvalue weighted by molar-refractivity contribution is -0.137. The molecule has 0 heterocycles. The lowest BCUT2D eigenvalue weighted by Gasteiger charge is -2.19. The molecule has 4 nitrogen and oxygen atoms in total. The molecule has 1 N–H and O–H groups in total. The summed E-state index contributed by atoms with van der Waals surface area (Å²) in [6.45, 7) is 5.87. The lowest BCUT2D eigenvalue weighted by atomic mass is 10.1. The second-order valence-corrected chi connectivity index (χ2v) is 5.58. The minimum atomic E-state index is -4.34. The van der Waals surface area contributed by atoms with Crippen molar-refractivity contribution in [1.82, 2.24) is 5.32 Å². The number of rotatable bonds is 4. The molecule has 0 atom stereocenters. The van der Waals surface area contributed by atoms with Gasteiger partial charge in [0.15, 0.2) is 0 Å². The minimum absolute atomic E-state index is 0.284. The predicted molar refractivity (Wildman–Crippen MR) is 78.1 cm³/mol. The summed E-state index contributed by atoms with van der Waals surface area (Å²) >= 11 is 0. The van der Waals surface area contributed by atoms with E-state index in [1.807, 2.05) is 0 Å². The Kier molecular flexibility index (Phi) is 5.96. The zero-order valence-electron chi connectivity index (χ0n) is 12.7. The van der Waals surface area contributed by atoms with Gasteiger partial charge < -0.3 is 10.1 Å². The number of ether oxygens (including phenoxy) is 1. The van der Waals surface area contributed by atoms with Gasteiger partial charge in [0, 0.05) is 12.8 Å². The highest BCUT2D eigenvalue weighted by atomic mass is 19.4. The van der Waals surface area contributed by atoms with Crippen molar-refractivity contribution in [2.24, 2.45) is 4.99 Å². The van der Waals surface area contributed by atoms with Crippen LogP contribution in [0.2, 0.25) is 0 Å². The van der Waals surface area contributed by atoms with Crippen LogP contribution in [0, 0.1) is 0 Å². The van der Waals surface area contributed by atoms with E-state index in [0.29, 0.717) is 12.1 Å². The maximum Gasteiger partial charge on any atom is 0.416 e. The summed E-state index contributed by atoms with van der Waals surface area (Å²) in [6, 6.07) is 4.68. The Morgan fingerprint density at radius 2 is 1.82 bits per heavy atom. The Morgan fingerprint density at radius 3 is 2.32 bits per heavy atom. The summed E-state index contributed by atoms with van der Waals surface area (Å²) in [4.78, 5) is 15.4. The van der Waals surface area contributed by atoms with Gasteiger partial charge in [0.1, 0.15) is 5.60 Å². The SMILES string of the molecule is CC(C)(C)OC(=O)NCCN=Cc1ccc(C(F)(F)F)cc1. The number of carbonyl (C=O) groups is 1. The van der Waals surface area contributed by atoms with Crippen LogP contribution in [0.15, 0.2) is 29.3 Å². The molecule has 0 radical (unpaired) electrons. The minimum Gasteiger partial charge on any atom is -0.444 e. The number of halogens is 3. The molecule has 0 aliphatic heterocycles.